The molecule has 4 nitrogen and oxygen atoms in total. The van der Waals surface area contributed by atoms with Crippen LogP contribution < -0.4 is 4.90 Å². The van der Waals surface area contributed by atoms with E-state index in [9.17, 15) is 4.57 Å². The van der Waals surface area contributed by atoms with Gasteiger partial charge >= 0.3 is 0 Å². The number of anilines is 1. The quantitative estimate of drug-likeness (QED) is 0.570. The van der Waals surface area contributed by atoms with Gasteiger partial charge in [-0.1, -0.05) is 35.9 Å². The first kappa shape index (κ1) is 18.3. The molecular formula is C11H16N2O2PSY-. The summed E-state index contributed by atoms with van der Waals surface area (Å²) in [5, 5.41) is 1.01. The molecule has 1 aromatic heterocycles. The Morgan fingerprint density at radius 2 is 2.06 bits per heavy atom. The molecule has 0 atom stereocenters. The van der Waals surface area contributed by atoms with Crippen molar-refractivity contribution in [3.05, 3.63) is 29.4 Å². The second-order valence-electron chi connectivity index (χ2n) is 4.04. The summed E-state index contributed by atoms with van der Waals surface area (Å²) in [5.41, 5.74) is 0.996. The molecule has 0 saturated carbocycles. The summed E-state index contributed by atoms with van der Waals surface area (Å²) in [5.74, 6) is 0.977. The van der Waals surface area contributed by atoms with E-state index < -0.39 is 7.37 Å². The van der Waals surface area contributed by atoms with Gasteiger partial charge in [-0.25, -0.2) is 0 Å². The monoisotopic (exact) mass is 360 g/mol. The van der Waals surface area contributed by atoms with E-state index in [1.54, 1.807) is 11.8 Å². The van der Waals surface area contributed by atoms with Crippen LogP contribution in [0.3, 0.4) is 0 Å². The molecule has 1 radical (unpaired) electrons. The summed E-state index contributed by atoms with van der Waals surface area (Å²) in [4.78, 5) is 15.5. The van der Waals surface area contributed by atoms with Gasteiger partial charge in [0.25, 0.3) is 0 Å². The van der Waals surface area contributed by atoms with Crippen molar-refractivity contribution in [1.29, 1.82) is 0 Å². The largest absolute Gasteiger partial charge is 0.377 e. The van der Waals surface area contributed by atoms with E-state index in [0.717, 1.165) is 21.4 Å². The second-order valence-corrected chi connectivity index (χ2v) is 7.72. The van der Waals surface area contributed by atoms with E-state index in [4.69, 9.17) is 4.89 Å². The maximum atomic E-state index is 9.77. The molecular weight excluding hydrogens is 344 g/mol. The molecule has 1 aromatic rings. The SMILES string of the molecule is C=C1Sc2[c-]cc(C)nc2N1C.CP(C)(=O)O.[Y]. The summed E-state index contributed by atoms with van der Waals surface area (Å²) in [6.45, 7) is 8.47. The van der Waals surface area contributed by atoms with Crippen LogP contribution in [0.5, 0.6) is 0 Å². The average molecular weight is 360 g/mol. The van der Waals surface area contributed by atoms with Crippen LogP contribution in [-0.4, -0.2) is 30.3 Å². The maximum Gasteiger partial charge on any atom is 0.194 e. The summed E-state index contributed by atoms with van der Waals surface area (Å²) < 4.78 is 9.77. The van der Waals surface area contributed by atoms with Gasteiger partial charge < -0.3 is 14.8 Å². The number of aryl methyl sites for hydroxylation is 1. The average Bonchev–Trinajstić information content (AvgIpc) is 2.42. The van der Waals surface area contributed by atoms with E-state index in [2.05, 4.69) is 17.6 Å². The molecule has 0 aliphatic carbocycles. The van der Waals surface area contributed by atoms with Gasteiger partial charge in [-0.05, 0) is 0 Å². The number of hydrogen-bond acceptors (Lipinski definition) is 4. The van der Waals surface area contributed by atoms with Crippen molar-refractivity contribution in [1.82, 2.24) is 4.98 Å². The molecule has 0 bridgehead atoms. The third-order valence-electron chi connectivity index (χ3n) is 1.81. The zero-order chi connectivity index (χ0) is 13.2. The minimum atomic E-state index is -2.64. The molecule has 0 saturated heterocycles. The Morgan fingerprint density at radius 1 is 1.56 bits per heavy atom. The van der Waals surface area contributed by atoms with Crippen LogP contribution in [0.4, 0.5) is 5.82 Å². The Hall–Kier alpha value is 0.334. The van der Waals surface area contributed by atoms with Crippen molar-refractivity contribution >= 4 is 24.9 Å². The molecule has 0 unspecified atom stereocenters. The Bertz CT molecular complexity index is 482. The number of thioether (sulfide) groups is 1. The molecule has 1 aliphatic rings. The van der Waals surface area contributed by atoms with Crippen molar-refractivity contribution in [3.8, 4) is 0 Å². The molecule has 0 spiro atoms. The van der Waals surface area contributed by atoms with Crippen molar-refractivity contribution in [2.75, 3.05) is 25.3 Å². The number of aromatic nitrogens is 1. The Labute approximate surface area is 138 Å². The van der Waals surface area contributed by atoms with Crippen LogP contribution in [0.1, 0.15) is 5.69 Å². The molecule has 1 N–H and O–H groups in total. The summed E-state index contributed by atoms with van der Waals surface area (Å²) >= 11 is 1.62. The molecule has 0 amide bonds. The number of rotatable bonds is 0. The molecule has 7 heteroatoms. The van der Waals surface area contributed by atoms with Crippen molar-refractivity contribution in [3.63, 3.8) is 0 Å². The van der Waals surface area contributed by atoms with Crippen LogP contribution >= 0.6 is 19.1 Å². The third kappa shape index (κ3) is 5.98. The fourth-order valence-electron chi connectivity index (χ4n) is 1.09. The molecule has 2 heterocycles. The third-order valence-corrected chi connectivity index (χ3v) is 2.82. The zero-order valence-electron chi connectivity index (χ0n) is 11.0. The topological polar surface area (TPSA) is 53.4 Å². The maximum absolute atomic E-state index is 9.77. The van der Waals surface area contributed by atoms with Gasteiger partial charge in [0.15, 0.2) is 7.37 Å². The number of nitrogens with zero attached hydrogens (tertiary/aromatic N) is 2. The van der Waals surface area contributed by atoms with E-state index in [-0.39, 0.29) is 32.7 Å². The molecule has 2 rings (SSSR count). The van der Waals surface area contributed by atoms with Crippen molar-refractivity contribution in [2.45, 2.75) is 11.8 Å². The Morgan fingerprint density at radius 3 is 2.56 bits per heavy atom. The van der Waals surface area contributed by atoms with Gasteiger partial charge in [0.1, 0.15) is 0 Å². The van der Waals surface area contributed by atoms with Crippen LogP contribution in [-0.2, 0) is 37.3 Å². The molecule has 18 heavy (non-hydrogen) atoms. The van der Waals surface area contributed by atoms with Crippen LogP contribution in [0.2, 0.25) is 0 Å². The summed E-state index contributed by atoms with van der Waals surface area (Å²) in [7, 11) is -0.665. The number of fused-ring (bicyclic) bond motifs is 1. The van der Waals surface area contributed by atoms with Gasteiger partial charge in [-0.15, -0.1) is 0 Å². The predicted molar refractivity (Wildman–Crippen MR) is 72.9 cm³/mol. The molecule has 0 fully saturated rings. The minimum Gasteiger partial charge on any atom is -0.377 e. The first-order valence-electron chi connectivity index (χ1n) is 4.96. The second kappa shape index (κ2) is 7.21. The fraction of sp³-hybridized carbons (Fsp3) is 0.364. The minimum absolute atomic E-state index is 0. The van der Waals surface area contributed by atoms with Crippen LogP contribution in [0, 0.1) is 13.0 Å². The first-order valence-corrected chi connectivity index (χ1v) is 8.33. The van der Waals surface area contributed by atoms with E-state index >= 15 is 0 Å². The number of pyridine rings is 1. The predicted octanol–water partition coefficient (Wildman–Crippen LogP) is 2.72. The Balaban J connectivity index is 0.000000421. The summed E-state index contributed by atoms with van der Waals surface area (Å²) in [6, 6.07) is 5.08. The normalized spacial score (nSPS) is 13.4. The molecule has 0 aromatic carbocycles. The van der Waals surface area contributed by atoms with Crippen LogP contribution in [0.25, 0.3) is 0 Å². The Kier molecular flexibility index (Phi) is 7.34. The van der Waals surface area contributed by atoms with Gasteiger partial charge in [0, 0.05) is 58.9 Å². The van der Waals surface area contributed by atoms with E-state index in [0.29, 0.717) is 0 Å². The van der Waals surface area contributed by atoms with Gasteiger partial charge in [-0.2, -0.15) is 12.1 Å². The molecule has 1 aliphatic heterocycles. The molecule has 97 valence electrons. The number of hydrogen-bond donors (Lipinski definition) is 1. The smallest absolute Gasteiger partial charge is 0.194 e. The van der Waals surface area contributed by atoms with Crippen LogP contribution in [0.15, 0.2) is 22.6 Å². The van der Waals surface area contributed by atoms with E-state index in [1.807, 2.05) is 24.9 Å². The van der Waals surface area contributed by atoms with Gasteiger partial charge in [0.05, 0.1) is 5.03 Å². The van der Waals surface area contributed by atoms with Crippen molar-refractivity contribution < 1.29 is 42.2 Å². The first-order chi connectivity index (χ1) is 7.68. The van der Waals surface area contributed by atoms with E-state index in [1.165, 1.54) is 13.3 Å². The van der Waals surface area contributed by atoms with Gasteiger partial charge in [0.2, 0.25) is 0 Å². The standard InChI is InChI=1S/C9H9N2S.C2H7O2P.Y/c1-6-4-5-8-9(10-6)11(3)7(2)12-8;1-5(2,3)4;/h4H,2H2,1,3H3;1-2H3,(H,3,4);/q-1;;. The zero-order valence-corrected chi connectivity index (χ0v) is 15.5. The fourth-order valence-corrected chi connectivity index (χ4v) is 1.94. The van der Waals surface area contributed by atoms with Gasteiger partial charge in [-0.3, -0.25) is 4.57 Å². The summed E-state index contributed by atoms with van der Waals surface area (Å²) in [6.07, 6.45) is 0. The van der Waals surface area contributed by atoms with Crippen molar-refractivity contribution in [2.24, 2.45) is 0 Å².